The molecule has 0 aliphatic carbocycles. The third kappa shape index (κ3) is 5.96. The van der Waals surface area contributed by atoms with Crippen LogP contribution in [0.3, 0.4) is 0 Å². The second-order valence-electron chi connectivity index (χ2n) is 5.04. The van der Waals surface area contributed by atoms with Crippen LogP contribution in [0.1, 0.15) is 23.2 Å². The summed E-state index contributed by atoms with van der Waals surface area (Å²) >= 11 is 1.33. The number of H-pyrrole nitrogens is 1. The summed E-state index contributed by atoms with van der Waals surface area (Å²) in [5, 5.41) is 3.18. The van der Waals surface area contributed by atoms with Gasteiger partial charge in [0.25, 0.3) is 5.56 Å². The summed E-state index contributed by atoms with van der Waals surface area (Å²) in [6, 6.07) is 7.65. The zero-order valence-electron chi connectivity index (χ0n) is 13.6. The topological polar surface area (TPSA) is 127 Å². The number of ether oxygens (including phenoxy) is 1. The van der Waals surface area contributed by atoms with E-state index in [-0.39, 0.29) is 17.3 Å². The third-order valence-corrected chi connectivity index (χ3v) is 4.08. The van der Waals surface area contributed by atoms with E-state index in [4.69, 9.17) is 5.73 Å². The summed E-state index contributed by atoms with van der Waals surface area (Å²) in [6.07, 6.45) is 0.924. The van der Waals surface area contributed by atoms with E-state index in [1.54, 1.807) is 24.3 Å². The lowest BCUT2D eigenvalue weighted by molar-refractivity contribution is -0.116. The molecule has 0 saturated carbocycles. The first kappa shape index (κ1) is 18.5. The molecule has 0 spiro atoms. The van der Waals surface area contributed by atoms with Crippen LogP contribution in [0.25, 0.3) is 0 Å². The number of hydrogen-bond acceptors (Lipinski definition) is 7. The van der Waals surface area contributed by atoms with Crippen LogP contribution in [0.5, 0.6) is 0 Å². The van der Waals surface area contributed by atoms with Gasteiger partial charge >= 0.3 is 5.97 Å². The molecule has 4 N–H and O–H groups in total. The van der Waals surface area contributed by atoms with Gasteiger partial charge in [-0.15, -0.1) is 0 Å². The number of rotatable bonds is 7. The number of benzene rings is 1. The molecule has 0 aliphatic heterocycles. The fourth-order valence-electron chi connectivity index (χ4n) is 1.95. The highest BCUT2D eigenvalue weighted by Gasteiger charge is 2.07. The molecule has 2 rings (SSSR count). The second kappa shape index (κ2) is 8.88. The lowest BCUT2D eigenvalue weighted by atomic mass is 10.2. The predicted octanol–water partition coefficient (Wildman–Crippen LogP) is 1.65. The van der Waals surface area contributed by atoms with Crippen molar-refractivity contribution < 1.29 is 14.3 Å². The average Bonchev–Trinajstić information content (AvgIpc) is 2.58. The monoisotopic (exact) mass is 362 g/mol. The maximum absolute atomic E-state index is 11.9. The summed E-state index contributed by atoms with van der Waals surface area (Å²) in [6.45, 7) is 0. The minimum atomic E-state index is -0.428. The number of esters is 1. The molecule has 1 aromatic heterocycles. The van der Waals surface area contributed by atoms with Gasteiger partial charge in [0.15, 0.2) is 5.16 Å². The number of nitrogens with two attached hydrogens (primary N) is 1. The van der Waals surface area contributed by atoms with Gasteiger partial charge < -0.3 is 20.8 Å². The molecular formula is C16H18N4O4S. The van der Waals surface area contributed by atoms with Crippen molar-refractivity contribution in [3.8, 4) is 0 Å². The minimum Gasteiger partial charge on any atom is -0.465 e. The number of amides is 1. The van der Waals surface area contributed by atoms with Crippen LogP contribution in [0.4, 0.5) is 11.5 Å². The van der Waals surface area contributed by atoms with Gasteiger partial charge in [-0.2, -0.15) is 0 Å². The van der Waals surface area contributed by atoms with Crippen LogP contribution in [-0.2, 0) is 9.53 Å². The van der Waals surface area contributed by atoms with E-state index >= 15 is 0 Å². The predicted molar refractivity (Wildman–Crippen MR) is 95.6 cm³/mol. The molecule has 1 heterocycles. The standard InChI is InChI=1S/C16H18N4O4S/c1-24-15(23)10-4-6-11(7-5-10)18-13(21)3-2-8-25-16-19-12(17)9-14(22)20-16/h4-7,9H,2-3,8H2,1H3,(H,18,21)(H3,17,19,20,22). The molecule has 0 bridgehead atoms. The smallest absolute Gasteiger partial charge is 0.337 e. The van der Waals surface area contributed by atoms with Crippen LogP contribution in [0.2, 0.25) is 0 Å². The van der Waals surface area contributed by atoms with Crippen LogP contribution in [0.15, 0.2) is 40.3 Å². The van der Waals surface area contributed by atoms with E-state index in [9.17, 15) is 14.4 Å². The minimum absolute atomic E-state index is 0.138. The van der Waals surface area contributed by atoms with E-state index < -0.39 is 5.97 Å². The Bertz CT molecular complexity index is 805. The maximum atomic E-state index is 11.9. The van der Waals surface area contributed by atoms with Crippen molar-refractivity contribution in [3.05, 3.63) is 46.2 Å². The molecule has 2 aromatic rings. The molecule has 1 aromatic carbocycles. The first-order valence-corrected chi connectivity index (χ1v) is 8.44. The number of carbonyl (C=O) groups is 2. The van der Waals surface area contributed by atoms with E-state index in [0.717, 1.165) is 0 Å². The number of nitrogens with zero attached hydrogens (tertiary/aromatic N) is 1. The van der Waals surface area contributed by atoms with E-state index in [1.165, 1.54) is 24.9 Å². The Morgan fingerprint density at radius 2 is 2.04 bits per heavy atom. The fraction of sp³-hybridized carbons (Fsp3) is 0.250. The molecule has 0 aliphatic rings. The van der Waals surface area contributed by atoms with E-state index in [1.807, 2.05) is 0 Å². The van der Waals surface area contributed by atoms with E-state index in [2.05, 4.69) is 20.0 Å². The number of nitrogens with one attached hydrogen (secondary N) is 2. The summed E-state index contributed by atoms with van der Waals surface area (Å²) in [4.78, 5) is 41.1. The highest BCUT2D eigenvalue weighted by molar-refractivity contribution is 7.99. The van der Waals surface area contributed by atoms with Gasteiger partial charge in [0, 0.05) is 23.9 Å². The molecule has 1 amide bonds. The summed E-state index contributed by atoms with van der Waals surface area (Å²) in [5.74, 6) is 0.212. The second-order valence-corrected chi connectivity index (χ2v) is 6.13. The largest absolute Gasteiger partial charge is 0.465 e. The summed E-state index contributed by atoms with van der Waals surface area (Å²) < 4.78 is 4.61. The van der Waals surface area contributed by atoms with Crippen LogP contribution < -0.4 is 16.6 Å². The van der Waals surface area contributed by atoms with Crippen molar-refractivity contribution in [1.82, 2.24) is 9.97 Å². The van der Waals surface area contributed by atoms with Crippen LogP contribution >= 0.6 is 11.8 Å². The number of hydrogen-bond donors (Lipinski definition) is 3. The van der Waals surface area contributed by atoms with Gasteiger partial charge in [-0.1, -0.05) is 11.8 Å². The van der Waals surface area contributed by atoms with Gasteiger partial charge in [0.2, 0.25) is 5.91 Å². The Hall–Kier alpha value is -2.81. The van der Waals surface area contributed by atoms with Crippen LogP contribution in [0, 0.1) is 0 Å². The molecule has 8 nitrogen and oxygen atoms in total. The Morgan fingerprint density at radius 1 is 1.32 bits per heavy atom. The average molecular weight is 362 g/mol. The summed E-state index contributed by atoms with van der Waals surface area (Å²) in [7, 11) is 1.31. The molecule has 132 valence electrons. The fourth-order valence-corrected chi connectivity index (χ4v) is 2.78. The molecule has 0 unspecified atom stereocenters. The SMILES string of the molecule is COC(=O)c1ccc(NC(=O)CCCSc2nc(N)cc(=O)[nH]2)cc1. The normalized spacial score (nSPS) is 10.3. The number of aromatic nitrogens is 2. The van der Waals surface area contributed by atoms with Gasteiger partial charge in [-0.05, 0) is 30.7 Å². The van der Waals surface area contributed by atoms with Crippen LogP contribution in [-0.4, -0.2) is 34.7 Å². The highest BCUT2D eigenvalue weighted by Crippen LogP contribution is 2.15. The molecule has 25 heavy (non-hydrogen) atoms. The number of anilines is 2. The van der Waals surface area contributed by atoms with Crippen molar-refractivity contribution in [2.45, 2.75) is 18.0 Å². The first-order chi connectivity index (χ1) is 12.0. The Kier molecular flexibility index (Phi) is 6.58. The highest BCUT2D eigenvalue weighted by atomic mass is 32.2. The number of thioether (sulfide) groups is 1. The lowest BCUT2D eigenvalue weighted by Gasteiger charge is -2.06. The van der Waals surface area contributed by atoms with Gasteiger partial charge in [-0.25, -0.2) is 9.78 Å². The van der Waals surface area contributed by atoms with Gasteiger partial charge in [-0.3, -0.25) is 9.59 Å². The Morgan fingerprint density at radius 3 is 2.68 bits per heavy atom. The number of methoxy groups -OCH3 is 1. The molecular weight excluding hydrogens is 344 g/mol. The molecule has 0 saturated heterocycles. The molecule has 0 radical (unpaired) electrons. The van der Waals surface area contributed by atoms with Crippen molar-refractivity contribution >= 4 is 35.1 Å². The lowest BCUT2D eigenvalue weighted by Crippen LogP contribution is -2.12. The third-order valence-electron chi connectivity index (χ3n) is 3.12. The van der Waals surface area contributed by atoms with Gasteiger partial charge in [0.05, 0.1) is 12.7 Å². The molecule has 0 atom stereocenters. The van der Waals surface area contributed by atoms with Crippen molar-refractivity contribution in [2.24, 2.45) is 0 Å². The Balaban J connectivity index is 1.75. The number of nitrogen functional groups attached to an aromatic ring is 1. The number of aromatic amines is 1. The van der Waals surface area contributed by atoms with Crippen molar-refractivity contribution in [2.75, 3.05) is 23.9 Å². The van der Waals surface area contributed by atoms with E-state index in [0.29, 0.717) is 35.0 Å². The van der Waals surface area contributed by atoms with Crippen molar-refractivity contribution in [3.63, 3.8) is 0 Å². The summed E-state index contributed by atoms with van der Waals surface area (Å²) in [5.41, 5.74) is 6.22. The maximum Gasteiger partial charge on any atom is 0.337 e. The molecule has 9 heteroatoms. The van der Waals surface area contributed by atoms with Gasteiger partial charge in [0.1, 0.15) is 5.82 Å². The number of carbonyl (C=O) groups excluding carboxylic acids is 2. The zero-order valence-corrected chi connectivity index (χ0v) is 14.4. The quantitative estimate of drug-likeness (QED) is 0.296. The molecule has 0 fully saturated rings. The Labute approximate surface area is 148 Å². The first-order valence-electron chi connectivity index (χ1n) is 7.46. The zero-order chi connectivity index (χ0) is 18.2. The van der Waals surface area contributed by atoms with Crippen molar-refractivity contribution in [1.29, 1.82) is 0 Å².